The van der Waals surface area contributed by atoms with Gasteiger partial charge in [0.2, 0.25) is 0 Å². The summed E-state index contributed by atoms with van der Waals surface area (Å²) >= 11 is 0. The van der Waals surface area contributed by atoms with E-state index in [1.807, 2.05) is 0 Å². The van der Waals surface area contributed by atoms with Gasteiger partial charge in [-0.1, -0.05) is 48.5 Å². The quantitative estimate of drug-likeness (QED) is 0.891. The number of nitrogens with two attached hydrogens (primary N) is 1. The molecular weight excluding hydrogens is 220 g/mol. The smallest absolute Gasteiger partial charge is 0.0429 e. The van der Waals surface area contributed by atoms with Crippen LogP contribution in [0.3, 0.4) is 0 Å². The number of fused-ring (bicyclic) bond motifs is 1. The Morgan fingerprint density at radius 3 is 2.50 bits per heavy atom. The molecular formula is C16H18N2. The first-order valence-electron chi connectivity index (χ1n) is 6.46. The maximum Gasteiger partial charge on any atom is 0.0429 e. The fourth-order valence-electron chi connectivity index (χ4n) is 2.74. The van der Waals surface area contributed by atoms with E-state index in [4.69, 9.17) is 5.73 Å². The van der Waals surface area contributed by atoms with Crippen molar-refractivity contribution in [1.82, 2.24) is 0 Å². The standard InChI is InChI=1S/C16H18N2/c17-10-14-12-18(11-13-6-2-1-3-7-13)16-9-5-4-8-15(14)16/h1-9,14H,10-12,17H2. The molecule has 92 valence electrons. The van der Waals surface area contributed by atoms with Gasteiger partial charge in [0.15, 0.2) is 0 Å². The zero-order chi connectivity index (χ0) is 12.4. The summed E-state index contributed by atoms with van der Waals surface area (Å²) in [6, 6.07) is 19.2. The van der Waals surface area contributed by atoms with Crippen LogP contribution in [0.5, 0.6) is 0 Å². The number of hydrogen-bond acceptors (Lipinski definition) is 2. The van der Waals surface area contributed by atoms with Crippen LogP contribution in [-0.4, -0.2) is 13.1 Å². The topological polar surface area (TPSA) is 29.3 Å². The van der Waals surface area contributed by atoms with Crippen LogP contribution >= 0.6 is 0 Å². The summed E-state index contributed by atoms with van der Waals surface area (Å²) in [5.74, 6) is 0.477. The fourth-order valence-corrected chi connectivity index (χ4v) is 2.74. The van der Waals surface area contributed by atoms with Gasteiger partial charge >= 0.3 is 0 Å². The zero-order valence-corrected chi connectivity index (χ0v) is 10.4. The lowest BCUT2D eigenvalue weighted by Gasteiger charge is -2.19. The second-order valence-corrected chi connectivity index (χ2v) is 4.86. The maximum atomic E-state index is 5.88. The number of nitrogens with zero attached hydrogens (tertiary/aromatic N) is 1. The second-order valence-electron chi connectivity index (χ2n) is 4.86. The third-order valence-electron chi connectivity index (χ3n) is 3.66. The highest BCUT2D eigenvalue weighted by Crippen LogP contribution is 2.36. The van der Waals surface area contributed by atoms with Crippen LogP contribution < -0.4 is 10.6 Å². The maximum absolute atomic E-state index is 5.88. The van der Waals surface area contributed by atoms with E-state index in [0.29, 0.717) is 5.92 Å². The molecule has 2 N–H and O–H groups in total. The first-order chi connectivity index (χ1) is 8.88. The molecule has 0 aromatic heterocycles. The molecule has 0 radical (unpaired) electrons. The minimum atomic E-state index is 0.477. The van der Waals surface area contributed by atoms with Gasteiger partial charge in [0.25, 0.3) is 0 Å². The van der Waals surface area contributed by atoms with Gasteiger partial charge in [0.05, 0.1) is 0 Å². The molecule has 0 bridgehead atoms. The molecule has 2 heteroatoms. The molecule has 0 saturated carbocycles. The zero-order valence-electron chi connectivity index (χ0n) is 10.4. The average molecular weight is 238 g/mol. The van der Waals surface area contributed by atoms with Crippen LogP contribution in [0.15, 0.2) is 54.6 Å². The van der Waals surface area contributed by atoms with Crippen LogP contribution in [0.4, 0.5) is 5.69 Å². The first kappa shape index (κ1) is 11.3. The van der Waals surface area contributed by atoms with Gasteiger partial charge in [0.1, 0.15) is 0 Å². The van der Waals surface area contributed by atoms with E-state index in [-0.39, 0.29) is 0 Å². The predicted molar refractivity (Wildman–Crippen MR) is 75.7 cm³/mol. The lowest BCUT2D eigenvalue weighted by Crippen LogP contribution is -2.23. The molecule has 0 spiro atoms. The van der Waals surface area contributed by atoms with E-state index in [2.05, 4.69) is 59.5 Å². The molecule has 1 unspecified atom stereocenters. The van der Waals surface area contributed by atoms with Gasteiger partial charge in [-0.15, -0.1) is 0 Å². The number of para-hydroxylation sites is 1. The molecule has 18 heavy (non-hydrogen) atoms. The van der Waals surface area contributed by atoms with Crippen LogP contribution in [0, 0.1) is 0 Å². The minimum absolute atomic E-state index is 0.477. The van der Waals surface area contributed by atoms with Crippen molar-refractivity contribution in [2.24, 2.45) is 5.73 Å². The van der Waals surface area contributed by atoms with Crippen molar-refractivity contribution in [3.63, 3.8) is 0 Å². The molecule has 0 aliphatic carbocycles. The molecule has 1 heterocycles. The van der Waals surface area contributed by atoms with Gasteiger partial charge in [-0.2, -0.15) is 0 Å². The molecule has 0 fully saturated rings. The van der Waals surface area contributed by atoms with Crippen LogP contribution in [0.2, 0.25) is 0 Å². The van der Waals surface area contributed by atoms with E-state index in [1.165, 1.54) is 16.8 Å². The Labute approximate surface area is 108 Å². The van der Waals surface area contributed by atoms with E-state index in [1.54, 1.807) is 0 Å². The molecule has 2 nitrogen and oxygen atoms in total. The summed E-state index contributed by atoms with van der Waals surface area (Å²) in [5.41, 5.74) is 9.97. The third-order valence-corrected chi connectivity index (χ3v) is 3.66. The second kappa shape index (κ2) is 4.83. The number of benzene rings is 2. The average Bonchev–Trinajstić information content (AvgIpc) is 2.78. The highest BCUT2D eigenvalue weighted by molar-refractivity contribution is 5.60. The Balaban J connectivity index is 1.87. The van der Waals surface area contributed by atoms with Gasteiger partial charge < -0.3 is 10.6 Å². The fraction of sp³-hybridized carbons (Fsp3) is 0.250. The normalized spacial score (nSPS) is 17.8. The first-order valence-corrected chi connectivity index (χ1v) is 6.46. The van der Waals surface area contributed by atoms with Crippen LogP contribution in [0.1, 0.15) is 17.0 Å². The molecule has 0 amide bonds. The summed E-state index contributed by atoms with van der Waals surface area (Å²) < 4.78 is 0. The SMILES string of the molecule is NCC1CN(Cc2ccccc2)c2ccccc21. The largest absolute Gasteiger partial charge is 0.366 e. The summed E-state index contributed by atoms with van der Waals surface area (Å²) in [6.45, 7) is 2.72. The lowest BCUT2D eigenvalue weighted by molar-refractivity contribution is 0.699. The van der Waals surface area contributed by atoms with Gasteiger partial charge in [-0.3, -0.25) is 0 Å². The Bertz CT molecular complexity index is 522. The van der Waals surface area contributed by atoms with Crippen molar-refractivity contribution >= 4 is 5.69 Å². The van der Waals surface area contributed by atoms with Crippen molar-refractivity contribution in [2.75, 3.05) is 18.0 Å². The van der Waals surface area contributed by atoms with Crippen molar-refractivity contribution in [2.45, 2.75) is 12.5 Å². The Morgan fingerprint density at radius 2 is 1.72 bits per heavy atom. The van der Waals surface area contributed by atoms with Gasteiger partial charge in [0, 0.05) is 31.2 Å². The lowest BCUT2D eigenvalue weighted by atomic mass is 10.0. The molecule has 3 rings (SSSR count). The molecule has 1 aliphatic heterocycles. The Kier molecular flexibility index (Phi) is 3.03. The van der Waals surface area contributed by atoms with Crippen molar-refractivity contribution in [3.05, 3.63) is 65.7 Å². The predicted octanol–water partition coefficient (Wildman–Crippen LogP) is 2.75. The van der Waals surface area contributed by atoms with Crippen LogP contribution in [-0.2, 0) is 6.54 Å². The van der Waals surface area contributed by atoms with E-state index >= 15 is 0 Å². The monoisotopic (exact) mass is 238 g/mol. The van der Waals surface area contributed by atoms with E-state index in [0.717, 1.165) is 19.6 Å². The van der Waals surface area contributed by atoms with Crippen molar-refractivity contribution in [1.29, 1.82) is 0 Å². The molecule has 1 atom stereocenters. The van der Waals surface area contributed by atoms with Gasteiger partial charge in [-0.05, 0) is 17.2 Å². The van der Waals surface area contributed by atoms with E-state index < -0.39 is 0 Å². The molecule has 1 aliphatic rings. The Hall–Kier alpha value is -1.80. The number of hydrogen-bond donors (Lipinski definition) is 1. The van der Waals surface area contributed by atoms with Gasteiger partial charge in [-0.25, -0.2) is 0 Å². The summed E-state index contributed by atoms with van der Waals surface area (Å²) in [7, 11) is 0. The molecule has 0 saturated heterocycles. The number of rotatable bonds is 3. The van der Waals surface area contributed by atoms with E-state index in [9.17, 15) is 0 Å². The van der Waals surface area contributed by atoms with Crippen molar-refractivity contribution < 1.29 is 0 Å². The van der Waals surface area contributed by atoms with Crippen LogP contribution in [0.25, 0.3) is 0 Å². The van der Waals surface area contributed by atoms with Crippen molar-refractivity contribution in [3.8, 4) is 0 Å². The summed E-state index contributed by atoms with van der Waals surface area (Å²) in [5, 5.41) is 0. The highest BCUT2D eigenvalue weighted by Gasteiger charge is 2.26. The third kappa shape index (κ3) is 2.00. The highest BCUT2D eigenvalue weighted by atomic mass is 15.2. The molecule has 2 aromatic carbocycles. The Morgan fingerprint density at radius 1 is 1.00 bits per heavy atom. The molecule has 2 aromatic rings. The minimum Gasteiger partial charge on any atom is -0.366 e. The summed E-state index contributed by atoms with van der Waals surface area (Å²) in [6.07, 6.45) is 0. The number of anilines is 1. The summed E-state index contributed by atoms with van der Waals surface area (Å²) in [4.78, 5) is 2.43.